The highest BCUT2D eigenvalue weighted by atomic mass is 32.1. The summed E-state index contributed by atoms with van der Waals surface area (Å²) in [6.45, 7) is 0.552. The summed E-state index contributed by atoms with van der Waals surface area (Å²) in [4.78, 5) is 45.4. The van der Waals surface area contributed by atoms with Crippen LogP contribution in [0.1, 0.15) is 6.92 Å². The van der Waals surface area contributed by atoms with E-state index in [1.807, 2.05) is 0 Å². The van der Waals surface area contributed by atoms with Crippen molar-refractivity contribution in [3.63, 3.8) is 0 Å². The number of nitrogens with two attached hydrogens (primary N) is 1. The maximum absolute atomic E-state index is 12.0. The van der Waals surface area contributed by atoms with Crippen molar-refractivity contribution in [1.82, 2.24) is 15.5 Å². The van der Waals surface area contributed by atoms with E-state index in [1.165, 1.54) is 6.92 Å². The summed E-state index contributed by atoms with van der Waals surface area (Å²) < 4.78 is 0. The van der Waals surface area contributed by atoms with Gasteiger partial charge in [0.2, 0.25) is 24.0 Å². The van der Waals surface area contributed by atoms with Crippen molar-refractivity contribution >= 4 is 36.6 Å². The van der Waals surface area contributed by atoms with E-state index in [1.54, 1.807) is 6.29 Å². The molecule has 1 atom stereocenters. The summed E-state index contributed by atoms with van der Waals surface area (Å²) in [5.41, 5.74) is 5.13. The number of hydrogen-bond donors (Lipinski definition) is 4. The van der Waals surface area contributed by atoms with Crippen LogP contribution in [-0.4, -0.2) is 60.5 Å². The maximum atomic E-state index is 12.0. The molecular weight excluding hydrogens is 272 g/mol. The summed E-state index contributed by atoms with van der Waals surface area (Å²) >= 11 is 3.95. The highest BCUT2D eigenvalue weighted by Crippen LogP contribution is 1.97. The standard InChI is InChI=1S/C10H17N4O4S/c1-7(16)12-6-14(2-3-15)10(18)8(5-19)13-9(17)4-11/h8,19H,2,4-6,11H2,1H3,(H,12,16)(H,13,17)/t8-/m1/s1. The Morgan fingerprint density at radius 2 is 2.05 bits per heavy atom. The lowest BCUT2D eigenvalue weighted by molar-refractivity contribution is -0.135. The molecule has 0 aliphatic rings. The summed E-state index contributed by atoms with van der Waals surface area (Å²) in [7, 11) is 0. The number of nitrogens with zero attached hydrogens (tertiary/aromatic N) is 1. The first-order valence-electron chi connectivity index (χ1n) is 5.44. The van der Waals surface area contributed by atoms with Crippen LogP contribution in [0.25, 0.3) is 0 Å². The van der Waals surface area contributed by atoms with E-state index in [4.69, 9.17) is 5.73 Å². The molecular formula is C10H17N4O4S. The summed E-state index contributed by atoms with van der Waals surface area (Å²) in [5, 5.41) is 4.75. The van der Waals surface area contributed by atoms with Crippen LogP contribution in [0.3, 0.4) is 0 Å². The largest absolute Gasteiger partial charge is 0.342 e. The molecule has 107 valence electrons. The van der Waals surface area contributed by atoms with Gasteiger partial charge in [0, 0.05) is 12.7 Å². The van der Waals surface area contributed by atoms with Crippen molar-refractivity contribution in [2.24, 2.45) is 5.73 Å². The number of thiol groups is 1. The zero-order chi connectivity index (χ0) is 14.8. The van der Waals surface area contributed by atoms with E-state index in [9.17, 15) is 19.2 Å². The third-order valence-electron chi connectivity index (χ3n) is 2.09. The lowest BCUT2D eigenvalue weighted by Gasteiger charge is -2.25. The van der Waals surface area contributed by atoms with Crippen LogP contribution in [0.15, 0.2) is 0 Å². The molecule has 0 aromatic rings. The molecule has 1 radical (unpaired) electrons. The Balaban J connectivity index is 4.68. The Morgan fingerprint density at radius 3 is 2.47 bits per heavy atom. The third-order valence-corrected chi connectivity index (χ3v) is 2.45. The molecule has 0 saturated carbocycles. The van der Waals surface area contributed by atoms with Gasteiger partial charge in [-0.1, -0.05) is 0 Å². The molecule has 0 aromatic heterocycles. The third kappa shape index (κ3) is 6.77. The second kappa shape index (κ2) is 9.34. The van der Waals surface area contributed by atoms with Gasteiger partial charge in [0.05, 0.1) is 19.8 Å². The van der Waals surface area contributed by atoms with Gasteiger partial charge in [-0.05, 0) is 0 Å². The average Bonchev–Trinajstić information content (AvgIpc) is 2.39. The molecule has 0 rings (SSSR count). The van der Waals surface area contributed by atoms with Crippen molar-refractivity contribution < 1.29 is 19.2 Å². The molecule has 0 aliphatic carbocycles. The number of carbonyl (C=O) groups is 3. The van der Waals surface area contributed by atoms with Crippen LogP contribution < -0.4 is 16.4 Å². The molecule has 4 N–H and O–H groups in total. The molecule has 8 nitrogen and oxygen atoms in total. The number of carbonyl (C=O) groups excluding carboxylic acids is 4. The number of amides is 3. The SMILES string of the molecule is CC(=O)NCN(C[C]=O)C(=O)[C@@H](CS)NC(=O)CN. The van der Waals surface area contributed by atoms with Crippen LogP contribution in [0, 0.1) is 0 Å². The molecule has 0 aliphatic heterocycles. The van der Waals surface area contributed by atoms with Crippen molar-refractivity contribution in [3.05, 3.63) is 0 Å². The Bertz CT molecular complexity index is 350. The Morgan fingerprint density at radius 1 is 1.42 bits per heavy atom. The van der Waals surface area contributed by atoms with E-state index in [0.29, 0.717) is 0 Å². The lowest BCUT2D eigenvalue weighted by atomic mass is 10.2. The number of rotatable bonds is 8. The first kappa shape index (κ1) is 17.4. The zero-order valence-corrected chi connectivity index (χ0v) is 11.4. The topological polar surface area (TPSA) is 122 Å². The van der Waals surface area contributed by atoms with Gasteiger partial charge in [0.25, 0.3) is 0 Å². The van der Waals surface area contributed by atoms with Crippen molar-refractivity contribution in [1.29, 1.82) is 0 Å². The first-order chi connectivity index (χ1) is 8.96. The second-order valence-electron chi connectivity index (χ2n) is 3.58. The molecule has 9 heteroatoms. The molecule has 0 unspecified atom stereocenters. The van der Waals surface area contributed by atoms with Gasteiger partial charge < -0.3 is 21.3 Å². The molecule has 0 fully saturated rings. The van der Waals surface area contributed by atoms with E-state index in [-0.39, 0.29) is 31.4 Å². The fourth-order valence-corrected chi connectivity index (χ4v) is 1.40. The zero-order valence-electron chi connectivity index (χ0n) is 10.5. The van der Waals surface area contributed by atoms with Gasteiger partial charge in [0.1, 0.15) is 6.04 Å². The molecule has 0 bridgehead atoms. The fourth-order valence-electron chi connectivity index (χ4n) is 1.16. The molecule has 0 saturated heterocycles. The van der Waals surface area contributed by atoms with Gasteiger partial charge >= 0.3 is 0 Å². The fraction of sp³-hybridized carbons (Fsp3) is 0.600. The van der Waals surface area contributed by atoms with Crippen LogP contribution in [0.4, 0.5) is 0 Å². The van der Waals surface area contributed by atoms with Gasteiger partial charge in [-0.3, -0.25) is 19.2 Å². The number of hydrogen-bond acceptors (Lipinski definition) is 6. The summed E-state index contributed by atoms with van der Waals surface area (Å²) in [5.74, 6) is -1.37. The van der Waals surface area contributed by atoms with Gasteiger partial charge in [0.15, 0.2) is 0 Å². The second-order valence-corrected chi connectivity index (χ2v) is 3.94. The van der Waals surface area contributed by atoms with Crippen LogP contribution in [0.5, 0.6) is 0 Å². The highest BCUT2D eigenvalue weighted by Gasteiger charge is 2.24. The van der Waals surface area contributed by atoms with Crippen molar-refractivity contribution in [2.75, 3.05) is 25.5 Å². The van der Waals surface area contributed by atoms with Crippen molar-refractivity contribution in [3.8, 4) is 0 Å². The minimum absolute atomic E-state index is 0.0417. The summed E-state index contributed by atoms with van der Waals surface area (Å²) in [6.07, 6.45) is 1.56. The quantitative estimate of drug-likeness (QED) is 0.288. The lowest BCUT2D eigenvalue weighted by Crippen LogP contribution is -2.53. The van der Waals surface area contributed by atoms with Crippen LogP contribution in [0.2, 0.25) is 0 Å². The average molecular weight is 289 g/mol. The van der Waals surface area contributed by atoms with Crippen LogP contribution in [-0.2, 0) is 19.2 Å². The van der Waals surface area contributed by atoms with Gasteiger partial charge in [-0.15, -0.1) is 0 Å². The Labute approximate surface area is 116 Å². The normalized spacial score (nSPS) is 11.3. The smallest absolute Gasteiger partial charge is 0.247 e. The van der Waals surface area contributed by atoms with Crippen LogP contribution >= 0.6 is 12.6 Å². The highest BCUT2D eigenvalue weighted by molar-refractivity contribution is 7.80. The minimum Gasteiger partial charge on any atom is -0.342 e. The first-order valence-corrected chi connectivity index (χ1v) is 6.08. The Hall–Kier alpha value is -1.61. The predicted molar refractivity (Wildman–Crippen MR) is 70.9 cm³/mol. The molecule has 19 heavy (non-hydrogen) atoms. The minimum atomic E-state index is -0.915. The van der Waals surface area contributed by atoms with E-state index >= 15 is 0 Å². The monoisotopic (exact) mass is 289 g/mol. The van der Waals surface area contributed by atoms with E-state index < -0.39 is 17.9 Å². The maximum Gasteiger partial charge on any atom is 0.247 e. The Kier molecular flexibility index (Phi) is 8.55. The van der Waals surface area contributed by atoms with Gasteiger partial charge in [-0.25, -0.2) is 0 Å². The van der Waals surface area contributed by atoms with E-state index in [0.717, 1.165) is 4.90 Å². The molecule has 0 aromatic carbocycles. The molecule has 3 amide bonds. The van der Waals surface area contributed by atoms with Crippen molar-refractivity contribution in [2.45, 2.75) is 13.0 Å². The summed E-state index contributed by atoms with van der Waals surface area (Å²) in [6, 6.07) is -0.915. The van der Waals surface area contributed by atoms with E-state index in [2.05, 4.69) is 23.3 Å². The molecule has 0 spiro atoms. The molecule has 0 heterocycles. The predicted octanol–water partition coefficient (Wildman–Crippen LogP) is -2.61. The number of nitrogens with one attached hydrogen (secondary N) is 2. The van der Waals surface area contributed by atoms with Gasteiger partial charge in [-0.2, -0.15) is 12.6 Å².